The number of carbonyl (C=O) groups is 1. The summed E-state index contributed by atoms with van der Waals surface area (Å²) in [6, 6.07) is 22.7. The van der Waals surface area contributed by atoms with Crippen LogP contribution in [0.4, 0.5) is 0 Å². The molecule has 4 aromatic rings. The van der Waals surface area contributed by atoms with Crippen LogP contribution in [-0.2, 0) is 16.0 Å². The molecule has 3 aromatic carbocycles. The van der Waals surface area contributed by atoms with Crippen LogP contribution in [0, 0.1) is 0 Å². The molecule has 4 rings (SSSR count). The number of rotatable bonds is 10. The van der Waals surface area contributed by atoms with Gasteiger partial charge < -0.3 is 24.4 Å². The van der Waals surface area contributed by atoms with Gasteiger partial charge in [-0.05, 0) is 23.8 Å². The SMILES string of the molecule is COC(=O)c1ccc(OCCCON=C(Cc2ccccc2)c2c[nH]c3ccccc23)cc1O. The summed E-state index contributed by atoms with van der Waals surface area (Å²) in [5.41, 5.74) is 4.14. The van der Waals surface area contributed by atoms with Crippen LogP contribution >= 0.6 is 0 Å². The number of para-hydroxylation sites is 1. The van der Waals surface area contributed by atoms with Crippen molar-refractivity contribution in [2.24, 2.45) is 5.16 Å². The maximum atomic E-state index is 11.6. The lowest BCUT2D eigenvalue weighted by Crippen LogP contribution is -2.08. The molecule has 0 aliphatic carbocycles. The number of benzene rings is 3. The van der Waals surface area contributed by atoms with Crippen LogP contribution in [0.3, 0.4) is 0 Å². The molecule has 0 aliphatic rings. The maximum absolute atomic E-state index is 11.6. The number of nitrogens with one attached hydrogen (secondary N) is 1. The summed E-state index contributed by atoms with van der Waals surface area (Å²) < 4.78 is 10.3. The van der Waals surface area contributed by atoms with E-state index in [0.717, 1.165) is 27.7 Å². The molecule has 7 heteroatoms. The van der Waals surface area contributed by atoms with Crippen LogP contribution in [0.2, 0.25) is 0 Å². The van der Waals surface area contributed by atoms with Gasteiger partial charge >= 0.3 is 5.97 Å². The molecular weight excluding hydrogens is 432 g/mol. The topological polar surface area (TPSA) is 93.1 Å². The summed E-state index contributed by atoms with van der Waals surface area (Å²) in [6.07, 6.45) is 3.20. The van der Waals surface area contributed by atoms with Gasteiger partial charge in [-0.1, -0.05) is 53.7 Å². The summed E-state index contributed by atoms with van der Waals surface area (Å²) in [5.74, 6) is -0.330. The highest BCUT2D eigenvalue weighted by atomic mass is 16.6. The smallest absolute Gasteiger partial charge is 0.341 e. The minimum atomic E-state index is -0.600. The summed E-state index contributed by atoms with van der Waals surface area (Å²) in [5, 5.41) is 15.5. The average Bonchev–Trinajstić information content (AvgIpc) is 3.30. The maximum Gasteiger partial charge on any atom is 0.341 e. The number of oxime groups is 1. The number of phenolic OH excluding ortho intramolecular Hbond substituents is 1. The summed E-state index contributed by atoms with van der Waals surface area (Å²) in [4.78, 5) is 20.5. The standard InChI is InChI=1S/C27H26N2O5/c1-32-27(31)22-13-12-20(17-26(22)30)33-14-7-15-34-29-25(16-19-8-3-2-4-9-19)23-18-28-24-11-6-5-10-21(23)24/h2-6,8-13,17-18,28,30H,7,14-16H2,1H3. The highest BCUT2D eigenvalue weighted by Gasteiger charge is 2.13. The highest BCUT2D eigenvalue weighted by molar-refractivity contribution is 6.11. The Hall–Kier alpha value is -4.26. The van der Waals surface area contributed by atoms with Crippen molar-refractivity contribution in [3.8, 4) is 11.5 Å². The van der Waals surface area contributed by atoms with Gasteiger partial charge in [0.2, 0.25) is 0 Å². The van der Waals surface area contributed by atoms with Crippen molar-refractivity contribution >= 4 is 22.6 Å². The first-order valence-corrected chi connectivity index (χ1v) is 11.0. The van der Waals surface area contributed by atoms with E-state index in [2.05, 4.69) is 33.1 Å². The first kappa shape index (κ1) is 22.9. The number of H-pyrrole nitrogens is 1. The fourth-order valence-electron chi connectivity index (χ4n) is 3.60. The van der Waals surface area contributed by atoms with Gasteiger partial charge in [0.05, 0.1) is 19.4 Å². The van der Waals surface area contributed by atoms with E-state index in [0.29, 0.717) is 31.8 Å². The van der Waals surface area contributed by atoms with Crippen molar-refractivity contribution in [3.63, 3.8) is 0 Å². The molecule has 0 atom stereocenters. The zero-order chi connectivity index (χ0) is 23.8. The highest BCUT2D eigenvalue weighted by Crippen LogP contribution is 2.24. The number of fused-ring (bicyclic) bond motifs is 1. The van der Waals surface area contributed by atoms with Gasteiger partial charge in [-0.3, -0.25) is 0 Å². The van der Waals surface area contributed by atoms with Crippen LogP contribution in [0.25, 0.3) is 10.9 Å². The molecule has 7 nitrogen and oxygen atoms in total. The van der Waals surface area contributed by atoms with Crippen LogP contribution in [0.5, 0.6) is 11.5 Å². The van der Waals surface area contributed by atoms with Crippen molar-refractivity contribution in [2.75, 3.05) is 20.3 Å². The number of aromatic amines is 1. The van der Waals surface area contributed by atoms with E-state index in [1.54, 1.807) is 6.07 Å². The lowest BCUT2D eigenvalue weighted by Gasteiger charge is -2.09. The van der Waals surface area contributed by atoms with Gasteiger partial charge in [0.1, 0.15) is 23.7 Å². The normalized spacial score (nSPS) is 11.4. The minimum Gasteiger partial charge on any atom is -0.507 e. The Balaban J connectivity index is 1.36. The third-order valence-electron chi connectivity index (χ3n) is 5.31. The van der Waals surface area contributed by atoms with Crippen LogP contribution in [0.15, 0.2) is 84.1 Å². The van der Waals surface area contributed by atoms with E-state index >= 15 is 0 Å². The van der Waals surface area contributed by atoms with Gasteiger partial charge in [-0.15, -0.1) is 0 Å². The molecule has 1 aromatic heterocycles. The Morgan fingerprint density at radius 3 is 2.56 bits per heavy atom. The fraction of sp³-hybridized carbons (Fsp3) is 0.185. The number of carbonyl (C=O) groups excluding carboxylic acids is 1. The molecule has 174 valence electrons. The summed E-state index contributed by atoms with van der Waals surface area (Å²) in [7, 11) is 1.26. The second-order valence-corrected chi connectivity index (χ2v) is 7.65. The van der Waals surface area contributed by atoms with E-state index in [4.69, 9.17) is 9.57 Å². The molecule has 1 heterocycles. The van der Waals surface area contributed by atoms with E-state index in [-0.39, 0.29) is 11.3 Å². The number of phenols is 1. The van der Waals surface area contributed by atoms with Crippen molar-refractivity contribution in [1.82, 2.24) is 4.98 Å². The monoisotopic (exact) mass is 458 g/mol. The van der Waals surface area contributed by atoms with Crippen molar-refractivity contribution in [2.45, 2.75) is 12.8 Å². The molecule has 34 heavy (non-hydrogen) atoms. The van der Waals surface area contributed by atoms with Gasteiger partial charge in [-0.25, -0.2) is 4.79 Å². The first-order chi connectivity index (χ1) is 16.7. The number of ether oxygens (including phenoxy) is 2. The van der Waals surface area contributed by atoms with E-state index < -0.39 is 5.97 Å². The van der Waals surface area contributed by atoms with E-state index in [1.807, 2.05) is 42.6 Å². The Bertz CT molecular complexity index is 1280. The van der Waals surface area contributed by atoms with Gasteiger partial charge in [-0.2, -0.15) is 0 Å². The lowest BCUT2D eigenvalue weighted by atomic mass is 10.0. The molecule has 0 fully saturated rings. The van der Waals surface area contributed by atoms with E-state index in [1.165, 1.54) is 19.2 Å². The van der Waals surface area contributed by atoms with Gasteiger partial charge in [0, 0.05) is 41.6 Å². The summed E-state index contributed by atoms with van der Waals surface area (Å²) in [6.45, 7) is 0.737. The van der Waals surface area contributed by atoms with Crippen molar-refractivity contribution in [1.29, 1.82) is 0 Å². The molecule has 0 spiro atoms. The predicted octanol–water partition coefficient (Wildman–Crippen LogP) is 5.09. The molecule has 2 N–H and O–H groups in total. The molecule has 0 saturated heterocycles. The number of aromatic nitrogens is 1. The fourth-order valence-corrected chi connectivity index (χ4v) is 3.60. The molecule has 0 radical (unpaired) electrons. The van der Waals surface area contributed by atoms with Crippen molar-refractivity contribution < 1.29 is 24.2 Å². The molecule has 0 saturated carbocycles. The quantitative estimate of drug-likeness (QED) is 0.149. The van der Waals surface area contributed by atoms with Gasteiger partial charge in [0.15, 0.2) is 0 Å². The molecule has 0 amide bonds. The first-order valence-electron chi connectivity index (χ1n) is 11.0. The van der Waals surface area contributed by atoms with Crippen LogP contribution < -0.4 is 4.74 Å². The van der Waals surface area contributed by atoms with Crippen LogP contribution in [-0.4, -0.2) is 42.1 Å². The predicted molar refractivity (Wildman–Crippen MR) is 130 cm³/mol. The molecule has 0 bridgehead atoms. The van der Waals surface area contributed by atoms with Crippen LogP contribution in [0.1, 0.15) is 27.9 Å². The largest absolute Gasteiger partial charge is 0.507 e. The van der Waals surface area contributed by atoms with Gasteiger partial charge in [0.25, 0.3) is 0 Å². The number of nitrogens with zero attached hydrogens (tertiary/aromatic N) is 1. The zero-order valence-electron chi connectivity index (χ0n) is 18.9. The Morgan fingerprint density at radius 1 is 0.971 bits per heavy atom. The molecule has 0 aliphatic heterocycles. The molecular formula is C27H26N2O5. The second-order valence-electron chi connectivity index (χ2n) is 7.65. The number of methoxy groups -OCH3 is 1. The number of aromatic hydroxyl groups is 1. The average molecular weight is 459 g/mol. The molecule has 0 unspecified atom stereocenters. The zero-order valence-corrected chi connectivity index (χ0v) is 18.9. The minimum absolute atomic E-state index is 0.0933. The number of esters is 1. The number of hydrogen-bond acceptors (Lipinski definition) is 6. The lowest BCUT2D eigenvalue weighted by molar-refractivity contribution is 0.0597. The third kappa shape index (κ3) is 5.56. The summed E-state index contributed by atoms with van der Waals surface area (Å²) >= 11 is 0. The second kappa shape index (κ2) is 11.0. The third-order valence-corrected chi connectivity index (χ3v) is 5.31. The Morgan fingerprint density at radius 2 is 1.76 bits per heavy atom. The van der Waals surface area contributed by atoms with Crippen molar-refractivity contribution in [3.05, 3.63) is 95.7 Å². The Labute approximate surface area is 197 Å². The van der Waals surface area contributed by atoms with E-state index in [9.17, 15) is 9.90 Å². The number of hydrogen-bond donors (Lipinski definition) is 2. The Kier molecular flexibility index (Phi) is 7.45.